The topological polar surface area (TPSA) is 28.2 Å². The average Bonchev–Trinajstić information content (AvgIpc) is 2.76. The quantitative estimate of drug-likeness (QED) is 0.841. The number of thiazole rings is 1. The first kappa shape index (κ1) is 11.0. The maximum atomic E-state index is 4.25. The van der Waals surface area contributed by atoms with Crippen LogP contribution in [0, 0.1) is 12.8 Å². The van der Waals surface area contributed by atoms with E-state index in [1.54, 1.807) is 11.3 Å². The summed E-state index contributed by atoms with van der Waals surface area (Å²) in [6.45, 7) is 6.67. The normalized spacial score (nSPS) is 22.4. The van der Waals surface area contributed by atoms with Gasteiger partial charge in [0.15, 0.2) is 0 Å². The Labute approximate surface area is 95.5 Å². The second-order valence-corrected chi connectivity index (χ2v) is 5.71. The lowest BCUT2D eigenvalue weighted by Crippen LogP contribution is -2.24. The van der Waals surface area contributed by atoms with Crippen molar-refractivity contribution in [3.05, 3.63) is 16.1 Å². The third-order valence-corrected chi connectivity index (χ3v) is 3.80. The first-order valence-electron chi connectivity index (χ1n) is 5.54. The maximum absolute atomic E-state index is 4.25. The van der Waals surface area contributed by atoms with Crippen molar-refractivity contribution >= 4 is 11.3 Å². The fraction of sp³-hybridized carbons (Fsp3) is 0.727. The van der Waals surface area contributed by atoms with Crippen molar-refractivity contribution in [1.82, 2.24) is 15.2 Å². The van der Waals surface area contributed by atoms with Crippen LogP contribution in [0.3, 0.4) is 0 Å². The van der Waals surface area contributed by atoms with Crippen molar-refractivity contribution in [3.8, 4) is 0 Å². The molecule has 1 aromatic rings. The molecule has 1 N–H and O–H groups in total. The highest BCUT2D eigenvalue weighted by molar-refractivity contribution is 7.11. The molecule has 1 fully saturated rings. The summed E-state index contributed by atoms with van der Waals surface area (Å²) in [6, 6.07) is 0. The lowest BCUT2D eigenvalue weighted by Gasteiger charge is -2.10. The SMILES string of the molecule is Cc1ncc(CNCC2CCN(C)C2)s1. The summed E-state index contributed by atoms with van der Waals surface area (Å²) in [5, 5.41) is 4.68. The van der Waals surface area contributed by atoms with Gasteiger partial charge in [-0.1, -0.05) is 0 Å². The molecule has 4 heteroatoms. The van der Waals surface area contributed by atoms with Crippen LogP contribution in [0.1, 0.15) is 16.3 Å². The van der Waals surface area contributed by atoms with E-state index in [4.69, 9.17) is 0 Å². The minimum Gasteiger partial charge on any atom is -0.311 e. The molecular weight excluding hydrogens is 206 g/mol. The van der Waals surface area contributed by atoms with E-state index in [1.165, 1.54) is 24.4 Å². The molecule has 0 aromatic carbocycles. The monoisotopic (exact) mass is 225 g/mol. The Balaban J connectivity index is 1.67. The Morgan fingerprint density at radius 1 is 1.67 bits per heavy atom. The van der Waals surface area contributed by atoms with Crippen LogP contribution in [0.5, 0.6) is 0 Å². The Kier molecular flexibility index (Phi) is 3.72. The van der Waals surface area contributed by atoms with Crippen LogP contribution < -0.4 is 5.32 Å². The molecule has 2 rings (SSSR count). The molecule has 1 aliphatic rings. The number of likely N-dealkylation sites (tertiary alicyclic amines) is 1. The molecule has 0 spiro atoms. The molecule has 1 aromatic heterocycles. The van der Waals surface area contributed by atoms with E-state index in [-0.39, 0.29) is 0 Å². The molecule has 0 bridgehead atoms. The summed E-state index contributed by atoms with van der Waals surface area (Å²) < 4.78 is 0. The van der Waals surface area contributed by atoms with E-state index in [1.807, 2.05) is 6.20 Å². The minimum absolute atomic E-state index is 0.837. The molecule has 0 amide bonds. The van der Waals surface area contributed by atoms with Crippen LogP contribution in [0.25, 0.3) is 0 Å². The fourth-order valence-corrected chi connectivity index (χ4v) is 2.84. The Morgan fingerprint density at radius 3 is 3.13 bits per heavy atom. The van der Waals surface area contributed by atoms with Crippen LogP contribution in [0.2, 0.25) is 0 Å². The van der Waals surface area contributed by atoms with Crippen LogP contribution in [-0.2, 0) is 6.54 Å². The molecule has 1 atom stereocenters. The predicted octanol–water partition coefficient (Wildman–Crippen LogP) is 1.49. The Hall–Kier alpha value is -0.450. The summed E-state index contributed by atoms with van der Waals surface area (Å²) in [4.78, 5) is 8.00. The summed E-state index contributed by atoms with van der Waals surface area (Å²) in [5.41, 5.74) is 0. The highest BCUT2D eigenvalue weighted by Gasteiger charge is 2.18. The van der Waals surface area contributed by atoms with E-state index >= 15 is 0 Å². The maximum Gasteiger partial charge on any atom is 0.0897 e. The number of aryl methyl sites for hydroxylation is 1. The molecule has 0 saturated carbocycles. The lowest BCUT2D eigenvalue weighted by atomic mass is 10.1. The molecule has 3 nitrogen and oxygen atoms in total. The van der Waals surface area contributed by atoms with E-state index in [0.29, 0.717) is 0 Å². The standard InChI is InChI=1S/C11H19N3S/c1-9-13-7-11(15-9)6-12-5-10-3-4-14(2)8-10/h7,10,12H,3-6,8H2,1-2H3. The zero-order valence-corrected chi connectivity index (χ0v) is 10.3. The molecule has 1 aliphatic heterocycles. The Morgan fingerprint density at radius 2 is 2.53 bits per heavy atom. The van der Waals surface area contributed by atoms with E-state index in [2.05, 4.69) is 29.2 Å². The number of nitrogens with one attached hydrogen (secondary N) is 1. The van der Waals surface area contributed by atoms with Crippen molar-refractivity contribution in [2.24, 2.45) is 5.92 Å². The van der Waals surface area contributed by atoms with Gasteiger partial charge >= 0.3 is 0 Å². The van der Waals surface area contributed by atoms with Gasteiger partial charge in [0.05, 0.1) is 5.01 Å². The highest BCUT2D eigenvalue weighted by atomic mass is 32.1. The highest BCUT2D eigenvalue weighted by Crippen LogP contribution is 2.14. The van der Waals surface area contributed by atoms with Gasteiger partial charge in [0.1, 0.15) is 0 Å². The van der Waals surface area contributed by atoms with Crippen LogP contribution in [-0.4, -0.2) is 36.6 Å². The fourth-order valence-electron chi connectivity index (χ4n) is 2.08. The van der Waals surface area contributed by atoms with Crippen LogP contribution in [0.4, 0.5) is 0 Å². The van der Waals surface area contributed by atoms with Crippen molar-refractivity contribution in [2.45, 2.75) is 19.9 Å². The van der Waals surface area contributed by atoms with Gasteiger partial charge in [0.2, 0.25) is 0 Å². The second-order valence-electron chi connectivity index (χ2n) is 4.39. The number of nitrogens with zero attached hydrogens (tertiary/aromatic N) is 2. The zero-order valence-electron chi connectivity index (χ0n) is 9.49. The summed E-state index contributed by atoms with van der Waals surface area (Å²) in [6.07, 6.45) is 3.32. The molecule has 1 unspecified atom stereocenters. The summed E-state index contributed by atoms with van der Waals surface area (Å²) in [7, 11) is 2.20. The number of rotatable bonds is 4. The van der Waals surface area contributed by atoms with E-state index < -0.39 is 0 Å². The van der Waals surface area contributed by atoms with Gasteiger partial charge in [-0.15, -0.1) is 11.3 Å². The number of hydrogen-bond acceptors (Lipinski definition) is 4. The molecule has 15 heavy (non-hydrogen) atoms. The van der Waals surface area contributed by atoms with E-state index in [0.717, 1.165) is 24.0 Å². The van der Waals surface area contributed by atoms with Crippen LogP contribution >= 0.6 is 11.3 Å². The third-order valence-electron chi connectivity index (χ3n) is 2.89. The van der Waals surface area contributed by atoms with Gasteiger partial charge < -0.3 is 10.2 Å². The van der Waals surface area contributed by atoms with Gasteiger partial charge in [-0.05, 0) is 39.4 Å². The van der Waals surface area contributed by atoms with Crippen molar-refractivity contribution < 1.29 is 0 Å². The second kappa shape index (κ2) is 5.05. The molecule has 84 valence electrons. The Bertz CT molecular complexity index is 311. The van der Waals surface area contributed by atoms with Gasteiger partial charge in [0.25, 0.3) is 0 Å². The van der Waals surface area contributed by atoms with Crippen molar-refractivity contribution in [1.29, 1.82) is 0 Å². The predicted molar refractivity (Wildman–Crippen MR) is 64.2 cm³/mol. The summed E-state index contributed by atoms with van der Waals surface area (Å²) in [5.74, 6) is 0.837. The first-order chi connectivity index (χ1) is 7.24. The van der Waals surface area contributed by atoms with Crippen molar-refractivity contribution in [2.75, 3.05) is 26.7 Å². The molecular formula is C11H19N3S. The van der Waals surface area contributed by atoms with Crippen molar-refractivity contribution in [3.63, 3.8) is 0 Å². The van der Waals surface area contributed by atoms with E-state index in [9.17, 15) is 0 Å². The van der Waals surface area contributed by atoms with Gasteiger partial charge in [-0.25, -0.2) is 4.98 Å². The molecule has 2 heterocycles. The van der Waals surface area contributed by atoms with Gasteiger partial charge in [-0.2, -0.15) is 0 Å². The first-order valence-corrected chi connectivity index (χ1v) is 6.36. The number of hydrogen-bond donors (Lipinski definition) is 1. The lowest BCUT2D eigenvalue weighted by molar-refractivity contribution is 0.388. The third kappa shape index (κ3) is 3.26. The average molecular weight is 225 g/mol. The zero-order chi connectivity index (χ0) is 10.7. The minimum atomic E-state index is 0.837. The smallest absolute Gasteiger partial charge is 0.0897 e. The largest absolute Gasteiger partial charge is 0.311 e. The molecule has 0 radical (unpaired) electrons. The summed E-state index contributed by atoms with van der Waals surface area (Å²) >= 11 is 1.79. The van der Waals surface area contributed by atoms with Gasteiger partial charge in [0, 0.05) is 24.2 Å². The van der Waals surface area contributed by atoms with Gasteiger partial charge in [-0.3, -0.25) is 0 Å². The number of aromatic nitrogens is 1. The van der Waals surface area contributed by atoms with Crippen LogP contribution in [0.15, 0.2) is 6.20 Å². The molecule has 0 aliphatic carbocycles. The molecule has 1 saturated heterocycles.